The molecule has 1 atom stereocenters. The summed E-state index contributed by atoms with van der Waals surface area (Å²) in [6.45, 7) is -0.207. The Morgan fingerprint density at radius 2 is 1.85 bits per heavy atom. The maximum atomic E-state index is 12.8. The number of amides is 1. The zero-order chi connectivity index (χ0) is 22.8. The molecule has 6 nitrogen and oxygen atoms in total. The van der Waals surface area contributed by atoms with Crippen LogP contribution in [0, 0.1) is 0 Å². The zero-order valence-corrected chi connectivity index (χ0v) is 18.1. The van der Waals surface area contributed by atoms with Crippen LogP contribution in [0.4, 0.5) is 0 Å². The van der Waals surface area contributed by atoms with Crippen molar-refractivity contribution in [2.24, 2.45) is 0 Å². The lowest BCUT2D eigenvalue weighted by atomic mass is 10.00. The van der Waals surface area contributed by atoms with Crippen molar-refractivity contribution in [3.8, 4) is 11.5 Å². The van der Waals surface area contributed by atoms with Gasteiger partial charge in [-0.15, -0.1) is 0 Å². The molecule has 0 saturated heterocycles. The van der Waals surface area contributed by atoms with E-state index in [9.17, 15) is 9.90 Å². The first-order chi connectivity index (χ1) is 16.1. The lowest BCUT2D eigenvalue weighted by Gasteiger charge is -2.20. The minimum atomic E-state index is -0.812. The predicted molar refractivity (Wildman–Crippen MR) is 127 cm³/mol. The van der Waals surface area contributed by atoms with Gasteiger partial charge in [0.25, 0.3) is 5.91 Å². The average Bonchev–Trinajstić information content (AvgIpc) is 3.28. The van der Waals surface area contributed by atoms with Crippen molar-refractivity contribution in [2.45, 2.75) is 6.04 Å². The molecule has 0 aliphatic heterocycles. The summed E-state index contributed by atoms with van der Waals surface area (Å²) in [5.74, 6) is 0.560. The molecule has 0 radical (unpaired) electrons. The van der Waals surface area contributed by atoms with Gasteiger partial charge in [-0.05, 0) is 42.5 Å². The number of carbonyl (C=O) groups excluding carboxylic acids is 1. The predicted octanol–water partition coefficient (Wildman–Crippen LogP) is 5.62. The van der Waals surface area contributed by atoms with E-state index in [-0.39, 0.29) is 18.3 Å². The van der Waals surface area contributed by atoms with Crippen LogP contribution in [0.2, 0.25) is 5.02 Å². The molecular weight excluding hydrogens is 440 g/mol. The van der Waals surface area contributed by atoms with Crippen LogP contribution in [0.5, 0.6) is 11.5 Å². The number of aromatic nitrogens is 1. The van der Waals surface area contributed by atoms with Gasteiger partial charge in [0.1, 0.15) is 34.4 Å². The first-order valence-corrected chi connectivity index (χ1v) is 10.7. The Balaban J connectivity index is 1.54. The largest absolute Gasteiger partial charge is 0.505 e. The molecule has 0 saturated carbocycles. The van der Waals surface area contributed by atoms with E-state index in [0.29, 0.717) is 38.6 Å². The Labute approximate surface area is 194 Å². The Morgan fingerprint density at radius 1 is 1.06 bits per heavy atom. The van der Waals surface area contributed by atoms with Crippen LogP contribution in [0.15, 0.2) is 89.5 Å². The number of aromatic hydroxyl groups is 1. The lowest BCUT2D eigenvalue weighted by Crippen LogP contribution is -2.33. The second kappa shape index (κ2) is 8.84. The third-order valence-electron chi connectivity index (χ3n) is 5.30. The topological polar surface area (TPSA) is 84.6 Å². The maximum absolute atomic E-state index is 12.8. The highest BCUT2D eigenvalue weighted by molar-refractivity contribution is 6.35. The van der Waals surface area contributed by atoms with Crippen LogP contribution in [-0.2, 0) is 4.79 Å². The highest BCUT2D eigenvalue weighted by Crippen LogP contribution is 2.39. The van der Waals surface area contributed by atoms with Crippen molar-refractivity contribution in [3.63, 3.8) is 0 Å². The van der Waals surface area contributed by atoms with Crippen LogP contribution in [-0.4, -0.2) is 22.6 Å². The second-order valence-electron chi connectivity index (χ2n) is 7.48. The Kier molecular flexibility index (Phi) is 5.59. The SMILES string of the molecule is O=C(COc1ccccc1)NC(c1cc2ccccc2o1)c1cc(Cl)c2cccnc2c1O. The fourth-order valence-corrected chi connectivity index (χ4v) is 4.01. The van der Waals surface area contributed by atoms with Crippen molar-refractivity contribution in [1.82, 2.24) is 10.3 Å². The third kappa shape index (κ3) is 4.21. The summed E-state index contributed by atoms with van der Waals surface area (Å²) in [5.41, 5.74) is 1.38. The molecule has 3 aromatic carbocycles. The molecule has 2 heterocycles. The standard InChI is InChI=1S/C26H19ClN2O4/c27-20-14-19(26(31)25-18(20)10-6-12-28-25)24(22-13-16-7-4-5-11-21(16)33-22)29-23(30)15-32-17-8-2-1-3-9-17/h1-14,24,31H,15H2,(H,29,30). The zero-order valence-electron chi connectivity index (χ0n) is 17.4. The molecule has 0 fully saturated rings. The van der Waals surface area contributed by atoms with Crippen molar-refractivity contribution < 1.29 is 19.1 Å². The van der Waals surface area contributed by atoms with Gasteiger partial charge < -0.3 is 19.6 Å². The minimum absolute atomic E-state index is 0.0790. The summed E-state index contributed by atoms with van der Waals surface area (Å²) in [6, 6.07) is 22.7. The van der Waals surface area contributed by atoms with Gasteiger partial charge in [0.2, 0.25) is 0 Å². The summed E-state index contributed by atoms with van der Waals surface area (Å²) >= 11 is 6.50. The summed E-state index contributed by atoms with van der Waals surface area (Å²) < 4.78 is 11.6. The molecule has 0 aliphatic carbocycles. The summed E-state index contributed by atoms with van der Waals surface area (Å²) in [5, 5.41) is 15.9. The number of phenols is 1. The first kappa shape index (κ1) is 20.8. The number of carbonyl (C=O) groups is 1. The van der Waals surface area contributed by atoms with Gasteiger partial charge in [-0.2, -0.15) is 0 Å². The van der Waals surface area contributed by atoms with Gasteiger partial charge >= 0.3 is 0 Å². The van der Waals surface area contributed by atoms with E-state index >= 15 is 0 Å². The van der Waals surface area contributed by atoms with E-state index in [1.807, 2.05) is 48.5 Å². The van der Waals surface area contributed by atoms with Crippen molar-refractivity contribution in [2.75, 3.05) is 6.61 Å². The van der Waals surface area contributed by atoms with Gasteiger partial charge in [0.05, 0.1) is 5.02 Å². The average molecular weight is 459 g/mol. The van der Waals surface area contributed by atoms with Crippen LogP contribution in [0.1, 0.15) is 17.4 Å². The van der Waals surface area contributed by atoms with Gasteiger partial charge in [-0.25, -0.2) is 0 Å². The second-order valence-corrected chi connectivity index (χ2v) is 7.89. The number of hydrogen-bond acceptors (Lipinski definition) is 5. The van der Waals surface area contributed by atoms with E-state index in [0.717, 1.165) is 5.39 Å². The molecule has 7 heteroatoms. The van der Waals surface area contributed by atoms with Crippen molar-refractivity contribution in [3.05, 3.63) is 101 Å². The number of hydrogen-bond donors (Lipinski definition) is 2. The molecule has 5 aromatic rings. The lowest BCUT2D eigenvalue weighted by molar-refractivity contribution is -0.123. The number of fused-ring (bicyclic) bond motifs is 2. The van der Waals surface area contributed by atoms with Crippen LogP contribution < -0.4 is 10.1 Å². The molecule has 2 N–H and O–H groups in total. The van der Waals surface area contributed by atoms with E-state index in [1.165, 1.54) is 0 Å². The number of para-hydroxylation sites is 2. The van der Waals surface area contributed by atoms with Gasteiger partial charge in [0.15, 0.2) is 6.61 Å². The van der Waals surface area contributed by atoms with Crippen LogP contribution in [0.3, 0.4) is 0 Å². The number of halogens is 1. The molecule has 0 bridgehead atoms. The van der Waals surface area contributed by atoms with Gasteiger partial charge in [0, 0.05) is 22.5 Å². The summed E-state index contributed by atoms with van der Waals surface area (Å²) in [6.07, 6.45) is 1.57. The molecular formula is C26H19ClN2O4. The molecule has 0 spiro atoms. The van der Waals surface area contributed by atoms with E-state index < -0.39 is 6.04 Å². The third-order valence-corrected chi connectivity index (χ3v) is 5.62. The van der Waals surface area contributed by atoms with Crippen molar-refractivity contribution in [1.29, 1.82) is 0 Å². The van der Waals surface area contributed by atoms with Gasteiger partial charge in [-0.3, -0.25) is 9.78 Å². The van der Waals surface area contributed by atoms with Crippen LogP contribution in [0.25, 0.3) is 21.9 Å². The number of furan rings is 1. The van der Waals surface area contributed by atoms with E-state index in [2.05, 4.69) is 10.3 Å². The Hall–Kier alpha value is -4.03. The maximum Gasteiger partial charge on any atom is 0.258 e. The molecule has 1 amide bonds. The highest BCUT2D eigenvalue weighted by atomic mass is 35.5. The van der Waals surface area contributed by atoms with Gasteiger partial charge in [-0.1, -0.05) is 48.0 Å². The molecule has 164 valence electrons. The molecule has 2 aromatic heterocycles. The number of nitrogens with one attached hydrogen (secondary N) is 1. The van der Waals surface area contributed by atoms with Crippen molar-refractivity contribution >= 4 is 39.4 Å². The molecule has 0 aliphatic rings. The first-order valence-electron chi connectivity index (χ1n) is 10.3. The number of pyridine rings is 1. The Bertz CT molecular complexity index is 1420. The summed E-state index contributed by atoms with van der Waals surface area (Å²) in [4.78, 5) is 17.1. The highest BCUT2D eigenvalue weighted by Gasteiger charge is 2.26. The summed E-state index contributed by atoms with van der Waals surface area (Å²) in [7, 11) is 0. The Morgan fingerprint density at radius 3 is 2.67 bits per heavy atom. The minimum Gasteiger partial charge on any atom is -0.505 e. The number of rotatable bonds is 6. The number of ether oxygens (including phenoxy) is 1. The number of phenolic OH excluding ortho intramolecular Hbond substituents is 1. The quantitative estimate of drug-likeness (QED) is 0.344. The molecule has 5 rings (SSSR count). The number of benzene rings is 3. The molecule has 33 heavy (non-hydrogen) atoms. The fourth-order valence-electron chi connectivity index (χ4n) is 3.74. The van der Waals surface area contributed by atoms with E-state index in [1.54, 1.807) is 36.5 Å². The smallest absolute Gasteiger partial charge is 0.258 e. The normalized spacial score (nSPS) is 12.0. The monoisotopic (exact) mass is 458 g/mol. The van der Waals surface area contributed by atoms with Crippen LogP contribution >= 0.6 is 11.6 Å². The van der Waals surface area contributed by atoms with E-state index in [4.69, 9.17) is 20.8 Å². The molecule has 1 unspecified atom stereocenters. The fraction of sp³-hybridized carbons (Fsp3) is 0.0769. The number of nitrogens with zero attached hydrogens (tertiary/aromatic N) is 1.